The van der Waals surface area contributed by atoms with E-state index in [4.69, 9.17) is 14.6 Å². The molecule has 3 N–H and O–H groups in total. The van der Waals surface area contributed by atoms with Crippen LogP contribution in [0.5, 0.6) is 0 Å². The van der Waals surface area contributed by atoms with Gasteiger partial charge in [-0.05, 0) is 43.4 Å². The molecule has 1 aromatic carbocycles. The number of hydrogen-bond donors (Lipinski definition) is 2. The van der Waals surface area contributed by atoms with Crippen molar-refractivity contribution >= 4 is 16.0 Å². The third-order valence-electron chi connectivity index (χ3n) is 4.75. The molecule has 1 heterocycles. The van der Waals surface area contributed by atoms with E-state index in [1.165, 1.54) is 12.1 Å². The number of nitrogens with one attached hydrogen (secondary N) is 1. The lowest BCUT2D eigenvalue weighted by Crippen LogP contribution is -2.47. The van der Waals surface area contributed by atoms with Gasteiger partial charge in [0.25, 0.3) is 0 Å². The highest BCUT2D eigenvalue weighted by molar-refractivity contribution is 7.89. The number of guanidine groups is 1. The molecule has 1 saturated heterocycles. The molecule has 0 unspecified atom stereocenters. The van der Waals surface area contributed by atoms with E-state index in [0.29, 0.717) is 6.10 Å². The first-order valence-electron chi connectivity index (χ1n) is 9.62. The van der Waals surface area contributed by atoms with Crippen LogP contribution >= 0.6 is 0 Å². The molecule has 1 fully saturated rings. The highest BCUT2D eigenvalue weighted by Gasteiger charge is 2.21. The van der Waals surface area contributed by atoms with Gasteiger partial charge in [0.15, 0.2) is 5.96 Å². The first kappa shape index (κ1) is 22.6. The second kappa shape index (κ2) is 11.4. The second-order valence-electron chi connectivity index (χ2n) is 6.82. The Labute approximate surface area is 168 Å². The summed E-state index contributed by atoms with van der Waals surface area (Å²) in [5.41, 5.74) is 1.04. The van der Waals surface area contributed by atoms with Crippen LogP contribution in [0.1, 0.15) is 24.8 Å². The van der Waals surface area contributed by atoms with Gasteiger partial charge in [-0.1, -0.05) is 12.1 Å². The largest absolute Gasteiger partial charge is 0.385 e. The van der Waals surface area contributed by atoms with Gasteiger partial charge in [-0.25, -0.2) is 13.6 Å². The molecule has 0 bridgehead atoms. The van der Waals surface area contributed by atoms with Crippen molar-refractivity contribution in [1.29, 1.82) is 0 Å². The van der Waals surface area contributed by atoms with Crippen LogP contribution in [0.4, 0.5) is 0 Å². The van der Waals surface area contributed by atoms with Crippen molar-refractivity contribution in [2.75, 3.05) is 47.0 Å². The number of rotatable bonds is 9. The molecule has 1 aliphatic rings. The maximum absolute atomic E-state index is 11.3. The topological polar surface area (TPSA) is 106 Å². The smallest absolute Gasteiger partial charge is 0.238 e. The van der Waals surface area contributed by atoms with E-state index >= 15 is 0 Å². The summed E-state index contributed by atoms with van der Waals surface area (Å²) in [5, 5.41) is 8.50. The molecule has 0 aliphatic carbocycles. The fourth-order valence-corrected chi connectivity index (χ4v) is 3.70. The van der Waals surface area contributed by atoms with Gasteiger partial charge in [0.2, 0.25) is 10.0 Å². The van der Waals surface area contributed by atoms with Gasteiger partial charge >= 0.3 is 0 Å². The zero-order valence-electron chi connectivity index (χ0n) is 16.8. The van der Waals surface area contributed by atoms with E-state index in [1.807, 2.05) is 0 Å². The molecule has 2 rings (SSSR count). The van der Waals surface area contributed by atoms with Gasteiger partial charge < -0.3 is 19.7 Å². The first-order chi connectivity index (χ1) is 13.4. The monoisotopic (exact) mass is 412 g/mol. The summed E-state index contributed by atoms with van der Waals surface area (Å²) in [4.78, 5) is 6.76. The highest BCUT2D eigenvalue weighted by Crippen LogP contribution is 2.14. The van der Waals surface area contributed by atoms with Crippen LogP contribution in [-0.4, -0.2) is 72.4 Å². The van der Waals surface area contributed by atoms with Crippen molar-refractivity contribution < 1.29 is 17.9 Å². The minimum absolute atomic E-state index is 0.132. The summed E-state index contributed by atoms with van der Waals surface area (Å²) in [6.45, 7) is 4.03. The summed E-state index contributed by atoms with van der Waals surface area (Å²) in [7, 11) is -0.150. The molecule has 0 spiro atoms. The summed E-state index contributed by atoms with van der Waals surface area (Å²) in [5.74, 6) is 0.888. The van der Waals surface area contributed by atoms with Crippen molar-refractivity contribution in [1.82, 2.24) is 10.2 Å². The number of piperidine rings is 1. The number of methoxy groups -OCH3 is 1. The number of nitrogens with two attached hydrogens (primary N) is 1. The van der Waals surface area contributed by atoms with E-state index < -0.39 is 10.0 Å². The fourth-order valence-electron chi connectivity index (χ4n) is 3.18. The Morgan fingerprint density at radius 1 is 1.25 bits per heavy atom. The average Bonchev–Trinajstić information content (AvgIpc) is 2.69. The maximum atomic E-state index is 11.3. The molecular weight excluding hydrogens is 380 g/mol. The Bertz CT molecular complexity index is 714. The molecule has 158 valence electrons. The standard InChI is InChI=1S/C19H32N4O4S/c1-21-19(23-12-9-17(10-13-23)27-15-3-14-26-2)22-11-8-16-4-6-18(7-5-16)28(20,24)25/h4-7,17H,3,8-15H2,1-2H3,(H,21,22)(H2,20,24,25). The molecule has 28 heavy (non-hydrogen) atoms. The second-order valence-corrected chi connectivity index (χ2v) is 8.38. The van der Waals surface area contributed by atoms with E-state index in [-0.39, 0.29) is 4.90 Å². The van der Waals surface area contributed by atoms with Gasteiger partial charge in [0.05, 0.1) is 11.0 Å². The number of nitrogens with zero attached hydrogens (tertiary/aromatic N) is 2. The molecule has 0 aromatic heterocycles. The normalized spacial score (nSPS) is 16.4. The predicted octanol–water partition coefficient (Wildman–Crippen LogP) is 0.969. The van der Waals surface area contributed by atoms with E-state index in [0.717, 1.165) is 70.1 Å². The van der Waals surface area contributed by atoms with Gasteiger partial charge in [-0.15, -0.1) is 0 Å². The Balaban J connectivity index is 1.72. The van der Waals surface area contributed by atoms with Gasteiger partial charge in [-0.3, -0.25) is 4.99 Å². The summed E-state index contributed by atoms with van der Waals surface area (Å²) < 4.78 is 33.5. The molecule has 8 nitrogen and oxygen atoms in total. The fraction of sp³-hybridized carbons (Fsp3) is 0.632. The minimum Gasteiger partial charge on any atom is -0.385 e. The predicted molar refractivity (Wildman–Crippen MR) is 110 cm³/mol. The van der Waals surface area contributed by atoms with Crippen LogP contribution in [0.25, 0.3) is 0 Å². The Kier molecular flexibility index (Phi) is 9.17. The van der Waals surface area contributed by atoms with Crippen molar-refractivity contribution in [2.24, 2.45) is 10.1 Å². The van der Waals surface area contributed by atoms with E-state index in [2.05, 4.69) is 15.2 Å². The third-order valence-corrected chi connectivity index (χ3v) is 5.68. The summed E-state index contributed by atoms with van der Waals surface area (Å²) in [6, 6.07) is 6.65. The molecule has 1 aliphatic heterocycles. The zero-order chi connectivity index (χ0) is 20.4. The lowest BCUT2D eigenvalue weighted by Gasteiger charge is -2.34. The number of primary sulfonamides is 1. The highest BCUT2D eigenvalue weighted by atomic mass is 32.2. The Hall–Kier alpha value is -1.68. The molecule has 0 radical (unpaired) electrons. The number of hydrogen-bond acceptors (Lipinski definition) is 5. The average molecular weight is 413 g/mol. The third kappa shape index (κ3) is 7.38. The number of likely N-dealkylation sites (tertiary alicyclic amines) is 1. The molecule has 0 saturated carbocycles. The van der Waals surface area contributed by atoms with Crippen LogP contribution in [0.15, 0.2) is 34.2 Å². The van der Waals surface area contributed by atoms with Crippen molar-refractivity contribution in [3.05, 3.63) is 29.8 Å². The Morgan fingerprint density at radius 3 is 2.50 bits per heavy atom. The van der Waals surface area contributed by atoms with Crippen molar-refractivity contribution in [2.45, 2.75) is 36.7 Å². The zero-order valence-corrected chi connectivity index (χ0v) is 17.6. The minimum atomic E-state index is -3.64. The van der Waals surface area contributed by atoms with Crippen molar-refractivity contribution in [3.63, 3.8) is 0 Å². The quantitative estimate of drug-likeness (QED) is 0.356. The van der Waals surface area contributed by atoms with Crippen molar-refractivity contribution in [3.8, 4) is 0 Å². The van der Waals surface area contributed by atoms with E-state index in [1.54, 1.807) is 26.3 Å². The number of aliphatic imine (C=N–C) groups is 1. The van der Waals surface area contributed by atoms with Crippen LogP contribution in [0.2, 0.25) is 0 Å². The van der Waals surface area contributed by atoms with Crippen LogP contribution in [0, 0.1) is 0 Å². The van der Waals surface area contributed by atoms with Crippen LogP contribution < -0.4 is 10.5 Å². The molecule has 0 amide bonds. The molecule has 9 heteroatoms. The van der Waals surface area contributed by atoms with Gasteiger partial charge in [0.1, 0.15) is 0 Å². The molecule has 1 aromatic rings. The summed E-state index contributed by atoms with van der Waals surface area (Å²) in [6.07, 6.45) is 3.98. The van der Waals surface area contributed by atoms with Gasteiger partial charge in [0, 0.05) is 47.0 Å². The molecular formula is C19H32N4O4S. The lowest BCUT2D eigenvalue weighted by atomic mass is 10.1. The SMILES string of the molecule is CN=C(NCCc1ccc(S(N)(=O)=O)cc1)N1CCC(OCCCOC)CC1. The van der Waals surface area contributed by atoms with E-state index in [9.17, 15) is 8.42 Å². The summed E-state index contributed by atoms with van der Waals surface area (Å²) >= 11 is 0. The molecule has 0 atom stereocenters. The van der Waals surface area contributed by atoms with Gasteiger partial charge in [-0.2, -0.15) is 0 Å². The first-order valence-corrected chi connectivity index (χ1v) is 11.2. The van der Waals surface area contributed by atoms with Crippen LogP contribution in [-0.2, 0) is 25.9 Å². The lowest BCUT2D eigenvalue weighted by molar-refractivity contribution is 0.00992. The number of ether oxygens (including phenoxy) is 2. The number of benzene rings is 1. The van der Waals surface area contributed by atoms with Crippen LogP contribution in [0.3, 0.4) is 0 Å². The Morgan fingerprint density at radius 2 is 1.93 bits per heavy atom. The maximum Gasteiger partial charge on any atom is 0.238 e. The number of sulfonamides is 1.